The van der Waals surface area contributed by atoms with Crippen molar-refractivity contribution in [1.29, 1.82) is 0 Å². The van der Waals surface area contributed by atoms with Crippen LogP contribution in [0.2, 0.25) is 0 Å². The molecule has 0 unspecified atom stereocenters. The fourth-order valence-electron chi connectivity index (χ4n) is 2.76. The van der Waals surface area contributed by atoms with Crippen molar-refractivity contribution in [3.05, 3.63) is 0 Å². The average molecular weight is 318 g/mol. The lowest BCUT2D eigenvalue weighted by Crippen LogP contribution is -2.52. The van der Waals surface area contributed by atoms with Gasteiger partial charge in [-0.05, 0) is 25.1 Å². The summed E-state index contributed by atoms with van der Waals surface area (Å²) in [4.78, 5) is 12.8. The first kappa shape index (κ1) is 16.4. The highest BCUT2D eigenvalue weighted by Gasteiger charge is 2.30. The molecule has 120 valence electrons. The van der Waals surface area contributed by atoms with Crippen LogP contribution in [0.15, 0.2) is 0 Å². The summed E-state index contributed by atoms with van der Waals surface area (Å²) in [7, 11) is 0. The molecule has 8 heteroatoms. The lowest BCUT2D eigenvalue weighted by Gasteiger charge is -2.37. The molecular weight excluding hydrogens is 296 g/mol. The number of carbonyl (C=O) groups is 1. The largest absolute Gasteiger partial charge is 0.481 e. The molecule has 0 amide bonds. The van der Waals surface area contributed by atoms with Crippen molar-refractivity contribution in [3.8, 4) is 0 Å². The summed E-state index contributed by atoms with van der Waals surface area (Å²) in [5.41, 5.74) is 0. The quantitative estimate of drug-likeness (QED) is 0.517. The predicted molar refractivity (Wildman–Crippen MR) is 78.7 cm³/mol. The first-order chi connectivity index (χ1) is 9.99. The maximum absolute atomic E-state index is 10.9. The van der Waals surface area contributed by atoms with E-state index in [-0.39, 0.29) is 18.6 Å². The summed E-state index contributed by atoms with van der Waals surface area (Å²) < 4.78 is 5.60. The van der Waals surface area contributed by atoms with Crippen molar-refractivity contribution in [3.63, 3.8) is 0 Å². The molecule has 0 radical (unpaired) electrons. The van der Waals surface area contributed by atoms with E-state index >= 15 is 0 Å². The van der Waals surface area contributed by atoms with E-state index in [1.807, 2.05) is 4.90 Å². The number of hydrogen-bond donors (Lipinski definition) is 4. The van der Waals surface area contributed by atoms with E-state index in [0.717, 1.165) is 0 Å². The third-order valence-electron chi connectivity index (χ3n) is 4.00. The number of nitrogens with one attached hydrogen (secondary N) is 1. The number of ether oxygens (including phenoxy) is 1. The molecule has 3 atom stereocenters. The van der Waals surface area contributed by atoms with Gasteiger partial charge in [0.05, 0.1) is 24.7 Å². The zero-order valence-corrected chi connectivity index (χ0v) is 12.6. The average Bonchev–Trinajstić information content (AvgIpc) is 2.46. The normalized spacial score (nSPS) is 31.0. The summed E-state index contributed by atoms with van der Waals surface area (Å²) in [6.45, 7) is 1.06. The summed E-state index contributed by atoms with van der Waals surface area (Å²) in [5, 5.41) is 31.4. The van der Waals surface area contributed by atoms with Gasteiger partial charge in [0.25, 0.3) is 0 Å². The molecule has 0 bridgehead atoms. The van der Waals surface area contributed by atoms with E-state index in [2.05, 4.69) is 5.32 Å². The first-order valence-electron chi connectivity index (χ1n) is 7.22. The van der Waals surface area contributed by atoms with Crippen LogP contribution in [0.25, 0.3) is 0 Å². The Bertz CT molecular complexity index is 387. The van der Waals surface area contributed by atoms with Crippen molar-refractivity contribution in [2.24, 2.45) is 5.92 Å². The van der Waals surface area contributed by atoms with Gasteiger partial charge in [0.15, 0.2) is 5.11 Å². The van der Waals surface area contributed by atoms with Gasteiger partial charge in [-0.1, -0.05) is 0 Å². The van der Waals surface area contributed by atoms with Crippen LogP contribution in [-0.4, -0.2) is 69.4 Å². The van der Waals surface area contributed by atoms with Gasteiger partial charge in [-0.2, -0.15) is 0 Å². The van der Waals surface area contributed by atoms with Crippen molar-refractivity contribution in [2.45, 2.75) is 44.1 Å². The van der Waals surface area contributed by atoms with Crippen LogP contribution in [0, 0.1) is 5.92 Å². The summed E-state index contributed by atoms with van der Waals surface area (Å²) in [6.07, 6.45) is 0.666. The third kappa shape index (κ3) is 4.50. The van der Waals surface area contributed by atoms with Gasteiger partial charge < -0.3 is 30.3 Å². The Hall–Kier alpha value is -0.960. The zero-order valence-electron chi connectivity index (χ0n) is 11.8. The molecule has 2 saturated heterocycles. The number of carboxylic acids is 1. The Morgan fingerprint density at radius 1 is 1.33 bits per heavy atom. The standard InChI is InChI=1S/C13H22N2O5S/c16-7-10-5-9(17)6-11(20-10)14-13(21)15-3-1-8(2-4-15)12(18)19/h8-11,16-17H,1-7H2,(H,14,21)(H,18,19)/t9-,10-,11+/m0/s1. The van der Waals surface area contributed by atoms with Gasteiger partial charge >= 0.3 is 5.97 Å². The molecule has 4 N–H and O–H groups in total. The smallest absolute Gasteiger partial charge is 0.306 e. The lowest BCUT2D eigenvalue weighted by atomic mass is 9.97. The number of rotatable bonds is 3. The Labute approximate surface area is 128 Å². The van der Waals surface area contributed by atoms with Crippen LogP contribution in [0.1, 0.15) is 25.7 Å². The monoisotopic (exact) mass is 318 g/mol. The molecule has 7 nitrogen and oxygen atoms in total. The van der Waals surface area contributed by atoms with Crippen LogP contribution in [0.4, 0.5) is 0 Å². The third-order valence-corrected chi connectivity index (χ3v) is 4.37. The van der Waals surface area contributed by atoms with Crippen LogP contribution in [0.5, 0.6) is 0 Å². The predicted octanol–water partition coefficient (Wildman–Crippen LogP) is -0.484. The topological polar surface area (TPSA) is 102 Å². The van der Waals surface area contributed by atoms with Crippen molar-refractivity contribution >= 4 is 23.3 Å². The summed E-state index contributed by atoms with van der Waals surface area (Å²) >= 11 is 5.32. The summed E-state index contributed by atoms with van der Waals surface area (Å²) in [5.74, 6) is -1.05. The van der Waals surface area contributed by atoms with Gasteiger partial charge in [-0.15, -0.1) is 0 Å². The van der Waals surface area contributed by atoms with Gasteiger partial charge in [0.2, 0.25) is 0 Å². The van der Waals surface area contributed by atoms with Gasteiger partial charge in [0.1, 0.15) is 6.23 Å². The SMILES string of the molecule is O=C(O)C1CCN(C(=S)N[C@H]2C[C@@H](O)C[C@@H](CO)O2)CC1. The van der Waals surface area contributed by atoms with E-state index in [1.54, 1.807) is 0 Å². The molecule has 0 saturated carbocycles. The van der Waals surface area contributed by atoms with E-state index in [9.17, 15) is 9.90 Å². The van der Waals surface area contributed by atoms with Crippen LogP contribution >= 0.6 is 12.2 Å². The molecule has 2 rings (SSSR count). The zero-order chi connectivity index (χ0) is 15.4. The Balaban J connectivity index is 1.80. The Morgan fingerprint density at radius 2 is 2.00 bits per heavy atom. The summed E-state index contributed by atoms with van der Waals surface area (Å²) in [6, 6.07) is 0. The fourth-order valence-corrected chi connectivity index (χ4v) is 3.07. The van der Waals surface area contributed by atoms with Gasteiger partial charge in [-0.3, -0.25) is 4.79 Å². The molecule has 21 heavy (non-hydrogen) atoms. The number of carboxylic acid groups (broad SMARTS) is 1. The highest BCUT2D eigenvalue weighted by Crippen LogP contribution is 2.20. The van der Waals surface area contributed by atoms with Gasteiger partial charge in [0, 0.05) is 25.9 Å². The number of aliphatic carboxylic acids is 1. The number of aliphatic hydroxyl groups excluding tert-OH is 2. The molecule has 2 aliphatic rings. The Morgan fingerprint density at radius 3 is 2.57 bits per heavy atom. The van der Waals surface area contributed by atoms with E-state index < -0.39 is 18.3 Å². The maximum atomic E-state index is 10.9. The van der Waals surface area contributed by atoms with E-state index in [4.69, 9.17) is 27.2 Å². The maximum Gasteiger partial charge on any atom is 0.306 e. The fraction of sp³-hybridized carbons (Fsp3) is 0.846. The number of likely N-dealkylation sites (tertiary alicyclic amines) is 1. The molecule has 0 spiro atoms. The Kier molecular flexibility index (Phi) is 5.74. The van der Waals surface area contributed by atoms with Crippen LogP contribution in [0.3, 0.4) is 0 Å². The first-order valence-corrected chi connectivity index (χ1v) is 7.63. The number of piperidine rings is 1. The minimum absolute atomic E-state index is 0.133. The van der Waals surface area contributed by atoms with Crippen LogP contribution in [-0.2, 0) is 9.53 Å². The van der Waals surface area contributed by atoms with Crippen molar-refractivity contribution in [1.82, 2.24) is 10.2 Å². The number of thiocarbonyl (C=S) groups is 1. The highest BCUT2D eigenvalue weighted by atomic mass is 32.1. The molecule has 0 aromatic rings. The minimum atomic E-state index is -0.752. The van der Waals surface area contributed by atoms with Crippen LogP contribution < -0.4 is 5.32 Å². The van der Waals surface area contributed by atoms with Crippen molar-refractivity contribution in [2.75, 3.05) is 19.7 Å². The molecule has 2 heterocycles. The molecule has 2 aliphatic heterocycles. The second-order valence-electron chi connectivity index (χ2n) is 5.60. The molecule has 0 aromatic heterocycles. The van der Waals surface area contributed by atoms with Gasteiger partial charge in [-0.25, -0.2) is 0 Å². The van der Waals surface area contributed by atoms with E-state index in [0.29, 0.717) is 43.9 Å². The lowest BCUT2D eigenvalue weighted by molar-refractivity contribution is -0.143. The number of nitrogens with zero attached hydrogens (tertiary/aromatic N) is 1. The number of aliphatic hydroxyl groups is 2. The second-order valence-corrected chi connectivity index (χ2v) is 5.99. The molecule has 0 aromatic carbocycles. The molecule has 2 fully saturated rings. The minimum Gasteiger partial charge on any atom is -0.481 e. The highest BCUT2D eigenvalue weighted by molar-refractivity contribution is 7.80. The second kappa shape index (κ2) is 7.35. The van der Waals surface area contributed by atoms with E-state index in [1.165, 1.54) is 0 Å². The molecule has 0 aliphatic carbocycles. The molecular formula is C13H22N2O5S. The van der Waals surface area contributed by atoms with Crippen molar-refractivity contribution < 1.29 is 24.9 Å². The number of hydrogen-bond acceptors (Lipinski definition) is 5.